The summed E-state index contributed by atoms with van der Waals surface area (Å²) in [5.41, 5.74) is 1.16. The molecule has 1 aromatic carbocycles. The highest BCUT2D eigenvalue weighted by molar-refractivity contribution is 8.00. The number of carboxylic acids is 1. The predicted molar refractivity (Wildman–Crippen MR) is 76.4 cm³/mol. The lowest BCUT2D eigenvalue weighted by molar-refractivity contribution is -0.137. The second-order valence-electron chi connectivity index (χ2n) is 4.37. The molecule has 0 atom stereocenters. The van der Waals surface area contributed by atoms with Crippen LogP contribution in [0.1, 0.15) is 18.4 Å². The zero-order valence-electron chi connectivity index (χ0n) is 11.3. The maximum Gasteiger partial charge on any atom is 0.303 e. The van der Waals surface area contributed by atoms with Gasteiger partial charge in [-0.3, -0.25) is 9.59 Å². The van der Waals surface area contributed by atoms with Crippen LogP contribution in [0.2, 0.25) is 0 Å². The lowest BCUT2D eigenvalue weighted by Gasteiger charge is -2.16. The molecule has 1 aromatic rings. The van der Waals surface area contributed by atoms with Crippen molar-refractivity contribution < 1.29 is 14.7 Å². The van der Waals surface area contributed by atoms with Crippen LogP contribution in [-0.4, -0.2) is 41.2 Å². The fraction of sp³-hybridized carbons (Fsp3) is 0.429. The van der Waals surface area contributed by atoms with E-state index >= 15 is 0 Å². The van der Waals surface area contributed by atoms with E-state index < -0.39 is 5.97 Å². The zero-order valence-corrected chi connectivity index (χ0v) is 12.1. The average molecular weight is 281 g/mol. The molecule has 0 aliphatic heterocycles. The van der Waals surface area contributed by atoms with E-state index in [1.54, 1.807) is 11.9 Å². The van der Waals surface area contributed by atoms with E-state index in [-0.39, 0.29) is 12.3 Å². The Bertz CT molecular complexity index is 448. The molecule has 5 heteroatoms. The summed E-state index contributed by atoms with van der Waals surface area (Å²) in [5.74, 6) is -0.414. The zero-order chi connectivity index (χ0) is 14.3. The van der Waals surface area contributed by atoms with Crippen molar-refractivity contribution in [2.45, 2.75) is 24.7 Å². The molecule has 0 fully saturated rings. The van der Waals surface area contributed by atoms with Crippen molar-refractivity contribution in [1.82, 2.24) is 4.90 Å². The van der Waals surface area contributed by atoms with E-state index in [0.29, 0.717) is 18.7 Å². The summed E-state index contributed by atoms with van der Waals surface area (Å²) in [7, 11) is 1.71. The second-order valence-corrected chi connectivity index (χ2v) is 5.38. The molecule has 1 N–H and O–H groups in total. The monoisotopic (exact) mass is 281 g/mol. The predicted octanol–water partition coefficient (Wildman–Crippen LogP) is 2.41. The van der Waals surface area contributed by atoms with Gasteiger partial charge in [0.05, 0.1) is 5.75 Å². The lowest BCUT2D eigenvalue weighted by Crippen LogP contribution is -2.29. The third-order valence-corrected chi connectivity index (χ3v) is 3.92. The summed E-state index contributed by atoms with van der Waals surface area (Å²) in [5, 5.41) is 8.54. The fourth-order valence-corrected chi connectivity index (χ4v) is 2.53. The number of benzene rings is 1. The molecule has 0 aromatic heterocycles. The van der Waals surface area contributed by atoms with E-state index in [0.717, 1.165) is 10.5 Å². The topological polar surface area (TPSA) is 57.6 Å². The summed E-state index contributed by atoms with van der Waals surface area (Å²) < 4.78 is 0. The van der Waals surface area contributed by atoms with Gasteiger partial charge in [0.1, 0.15) is 0 Å². The maximum absolute atomic E-state index is 11.9. The van der Waals surface area contributed by atoms with Gasteiger partial charge in [0.15, 0.2) is 0 Å². The van der Waals surface area contributed by atoms with Crippen LogP contribution >= 0.6 is 11.8 Å². The van der Waals surface area contributed by atoms with Crippen LogP contribution in [0, 0.1) is 6.92 Å². The van der Waals surface area contributed by atoms with E-state index in [1.807, 2.05) is 31.2 Å². The van der Waals surface area contributed by atoms with Gasteiger partial charge >= 0.3 is 5.97 Å². The molecule has 0 aliphatic carbocycles. The highest BCUT2D eigenvalue weighted by Gasteiger charge is 2.10. The highest BCUT2D eigenvalue weighted by Crippen LogP contribution is 2.21. The quantitative estimate of drug-likeness (QED) is 0.780. The summed E-state index contributed by atoms with van der Waals surface area (Å²) in [4.78, 5) is 25.0. The Morgan fingerprint density at radius 2 is 2.00 bits per heavy atom. The Morgan fingerprint density at radius 1 is 1.32 bits per heavy atom. The van der Waals surface area contributed by atoms with E-state index in [1.165, 1.54) is 11.8 Å². The fourth-order valence-electron chi connectivity index (χ4n) is 1.56. The standard InChI is InChI=1S/C14H19NO3S/c1-11-6-3-4-7-12(11)19-10-13(16)15(2)9-5-8-14(17)18/h3-4,6-7H,5,8-10H2,1-2H3,(H,17,18). The molecule has 4 nitrogen and oxygen atoms in total. The first-order valence-electron chi connectivity index (χ1n) is 6.15. The lowest BCUT2D eigenvalue weighted by atomic mass is 10.2. The first kappa shape index (κ1) is 15.6. The Kier molecular flexibility index (Phi) is 6.42. The van der Waals surface area contributed by atoms with Crippen LogP contribution < -0.4 is 0 Å². The largest absolute Gasteiger partial charge is 0.481 e. The second kappa shape index (κ2) is 7.84. The number of carbonyl (C=O) groups is 2. The number of thioether (sulfide) groups is 1. The van der Waals surface area contributed by atoms with Crippen LogP contribution in [-0.2, 0) is 9.59 Å². The third kappa shape index (κ3) is 5.79. The third-order valence-electron chi connectivity index (χ3n) is 2.75. The molecular weight excluding hydrogens is 262 g/mol. The van der Waals surface area contributed by atoms with Crippen LogP contribution in [0.25, 0.3) is 0 Å². The van der Waals surface area contributed by atoms with Gasteiger partial charge in [0, 0.05) is 24.9 Å². The summed E-state index contributed by atoms with van der Waals surface area (Å²) in [6.45, 7) is 2.50. The molecule has 1 amide bonds. The SMILES string of the molecule is Cc1ccccc1SCC(=O)N(C)CCCC(=O)O. The molecule has 0 aliphatic rings. The van der Waals surface area contributed by atoms with Crippen molar-refractivity contribution in [2.75, 3.05) is 19.3 Å². The molecule has 19 heavy (non-hydrogen) atoms. The molecule has 0 saturated heterocycles. The van der Waals surface area contributed by atoms with Crippen molar-refractivity contribution in [3.63, 3.8) is 0 Å². The highest BCUT2D eigenvalue weighted by atomic mass is 32.2. The number of amides is 1. The number of hydrogen-bond donors (Lipinski definition) is 1. The first-order valence-corrected chi connectivity index (χ1v) is 7.13. The minimum Gasteiger partial charge on any atom is -0.481 e. The Morgan fingerprint density at radius 3 is 2.63 bits per heavy atom. The number of aryl methyl sites for hydroxylation is 1. The number of rotatable bonds is 7. The van der Waals surface area contributed by atoms with Gasteiger partial charge in [-0.1, -0.05) is 18.2 Å². The molecule has 104 valence electrons. The van der Waals surface area contributed by atoms with Crippen LogP contribution in [0.5, 0.6) is 0 Å². The van der Waals surface area contributed by atoms with Crippen molar-refractivity contribution in [3.8, 4) is 0 Å². The summed E-state index contributed by atoms with van der Waals surface area (Å²) in [6.07, 6.45) is 0.592. The van der Waals surface area contributed by atoms with Crippen molar-refractivity contribution in [1.29, 1.82) is 0 Å². The number of hydrogen-bond acceptors (Lipinski definition) is 3. The number of nitrogens with zero attached hydrogens (tertiary/aromatic N) is 1. The van der Waals surface area contributed by atoms with Gasteiger partial charge < -0.3 is 10.0 Å². The van der Waals surface area contributed by atoms with E-state index in [4.69, 9.17) is 5.11 Å². The molecule has 0 spiro atoms. The van der Waals surface area contributed by atoms with Gasteiger partial charge in [-0.15, -0.1) is 11.8 Å². The number of carboxylic acid groups (broad SMARTS) is 1. The number of aliphatic carboxylic acids is 1. The molecule has 0 heterocycles. The van der Waals surface area contributed by atoms with Gasteiger partial charge in [-0.25, -0.2) is 0 Å². The van der Waals surface area contributed by atoms with Crippen molar-refractivity contribution in [2.24, 2.45) is 0 Å². The van der Waals surface area contributed by atoms with Crippen molar-refractivity contribution in [3.05, 3.63) is 29.8 Å². The van der Waals surface area contributed by atoms with Crippen LogP contribution in [0.15, 0.2) is 29.2 Å². The first-order chi connectivity index (χ1) is 9.00. The normalized spacial score (nSPS) is 10.2. The molecule has 0 saturated carbocycles. The van der Waals surface area contributed by atoms with Gasteiger partial charge in [0.25, 0.3) is 0 Å². The molecular formula is C14H19NO3S. The van der Waals surface area contributed by atoms with Gasteiger partial charge in [0.2, 0.25) is 5.91 Å². The van der Waals surface area contributed by atoms with E-state index in [2.05, 4.69) is 0 Å². The van der Waals surface area contributed by atoms with E-state index in [9.17, 15) is 9.59 Å². The summed E-state index contributed by atoms with van der Waals surface area (Å²) >= 11 is 1.52. The van der Waals surface area contributed by atoms with Gasteiger partial charge in [-0.2, -0.15) is 0 Å². The Labute approximate surface area is 117 Å². The average Bonchev–Trinajstić information content (AvgIpc) is 2.36. The summed E-state index contributed by atoms with van der Waals surface area (Å²) in [6, 6.07) is 7.94. The molecule has 0 unspecified atom stereocenters. The van der Waals surface area contributed by atoms with Crippen LogP contribution in [0.4, 0.5) is 0 Å². The van der Waals surface area contributed by atoms with Gasteiger partial charge in [-0.05, 0) is 25.0 Å². The number of carbonyl (C=O) groups excluding carboxylic acids is 1. The minimum atomic E-state index is -0.824. The van der Waals surface area contributed by atoms with Crippen molar-refractivity contribution >= 4 is 23.6 Å². The smallest absolute Gasteiger partial charge is 0.303 e. The molecule has 1 rings (SSSR count). The van der Waals surface area contributed by atoms with Crippen LogP contribution in [0.3, 0.4) is 0 Å². The Hall–Kier alpha value is -1.49. The molecule has 0 radical (unpaired) electrons. The Balaban J connectivity index is 2.34. The minimum absolute atomic E-state index is 0.0265. The molecule has 0 bridgehead atoms. The maximum atomic E-state index is 11.9.